The Morgan fingerprint density at radius 3 is 2.85 bits per heavy atom. The lowest BCUT2D eigenvalue weighted by atomic mass is 10.1. The topological polar surface area (TPSA) is 91.4 Å². The molecule has 0 aliphatic carbocycles. The third-order valence-corrected chi connectivity index (χ3v) is 4.84. The minimum absolute atomic E-state index is 0.0600. The molecule has 26 heavy (non-hydrogen) atoms. The van der Waals surface area contributed by atoms with Crippen molar-refractivity contribution in [2.75, 3.05) is 44.3 Å². The van der Waals surface area contributed by atoms with Gasteiger partial charge in [-0.05, 0) is 18.6 Å². The number of rotatable bonds is 3. The van der Waals surface area contributed by atoms with Crippen LogP contribution in [0.15, 0.2) is 35.3 Å². The molecule has 8 heteroatoms. The average Bonchev–Trinajstić information content (AvgIpc) is 3.18. The van der Waals surface area contributed by atoms with Crippen molar-refractivity contribution in [3.63, 3.8) is 0 Å². The van der Waals surface area contributed by atoms with Gasteiger partial charge in [-0.15, -0.1) is 0 Å². The zero-order chi connectivity index (χ0) is 17.9. The molecule has 2 saturated heterocycles. The molecule has 0 unspecified atom stereocenters. The van der Waals surface area contributed by atoms with Crippen molar-refractivity contribution < 1.29 is 9.53 Å². The van der Waals surface area contributed by atoms with Crippen LogP contribution in [-0.2, 0) is 4.74 Å². The summed E-state index contributed by atoms with van der Waals surface area (Å²) in [5, 5.41) is 0. The summed E-state index contributed by atoms with van der Waals surface area (Å²) in [6, 6.07) is 6.86. The molecule has 2 aliphatic rings. The number of anilines is 1. The second-order valence-corrected chi connectivity index (χ2v) is 6.55. The highest BCUT2D eigenvalue weighted by atomic mass is 16.5. The third-order valence-electron chi connectivity index (χ3n) is 4.84. The van der Waals surface area contributed by atoms with Crippen LogP contribution in [0.25, 0.3) is 0 Å². The number of hydrogen-bond donors (Lipinski definition) is 1. The number of amides is 1. The van der Waals surface area contributed by atoms with E-state index < -0.39 is 0 Å². The minimum atomic E-state index is -0.161. The number of pyridine rings is 1. The highest BCUT2D eigenvalue weighted by Crippen LogP contribution is 2.27. The Labute approximate surface area is 150 Å². The average molecular weight is 355 g/mol. The fourth-order valence-corrected chi connectivity index (χ4v) is 3.43. The van der Waals surface area contributed by atoms with Gasteiger partial charge in [0.1, 0.15) is 5.69 Å². The van der Waals surface area contributed by atoms with Crippen molar-refractivity contribution in [2.24, 2.45) is 0 Å². The van der Waals surface area contributed by atoms with E-state index in [4.69, 9.17) is 4.74 Å². The number of morpholine rings is 1. The van der Waals surface area contributed by atoms with Gasteiger partial charge in [0.2, 0.25) is 5.95 Å². The number of H-pyrrole nitrogens is 1. The summed E-state index contributed by atoms with van der Waals surface area (Å²) >= 11 is 0. The zero-order valence-electron chi connectivity index (χ0n) is 14.4. The predicted molar refractivity (Wildman–Crippen MR) is 95.4 cm³/mol. The molecular formula is C18H21N5O3. The summed E-state index contributed by atoms with van der Waals surface area (Å²) < 4.78 is 5.35. The van der Waals surface area contributed by atoms with E-state index in [1.807, 2.05) is 4.90 Å². The number of likely N-dealkylation sites (tertiary alicyclic amines) is 1. The number of carbonyl (C=O) groups is 1. The standard InChI is InChI=1S/C18H21N5O3/c24-16-11-15(20-18(21-16)22-7-9-26-10-8-22)13-4-6-23(12-13)17(25)14-3-1-2-5-19-14/h1-3,5,11,13H,4,6-10,12H2,(H,20,21,24)/t13-/m0/s1. The molecule has 0 radical (unpaired) electrons. The van der Waals surface area contributed by atoms with Gasteiger partial charge in [-0.2, -0.15) is 0 Å². The van der Waals surface area contributed by atoms with E-state index >= 15 is 0 Å². The highest BCUT2D eigenvalue weighted by Gasteiger charge is 2.30. The maximum Gasteiger partial charge on any atom is 0.272 e. The van der Waals surface area contributed by atoms with Gasteiger partial charge in [-0.1, -0.05) is 6.07 Å². The predicted octanol–water partition coefficient (Wildman–Crippen LogP) is 0.631. The van der Waals surface area contributed by atoms with Gasteiger partial charge in [-0.25, -0.2) is 4.98 Å². The second-order valence-electron chi connectivity index (χ2n) is 6.55. The van der Waals surface area contributed by atoms with Crippen molar-refractivity contribution >= 4 is 11.9 Å². The van der Waals surface area contributed by atoms with Gasteiger partial charge in [0.15, 0.2) is 0 Å². The van der Waals surface area contributed by atoms with Gasteiger partial charge >= 0.3 is 0 Å². The number of nitrogens with zero attached hydrogens (tertiary/aromatic N) is 4. The van der Waals surface area contributed by atoms with Crippen LogP contribution in [-0.4, -0.2) is 65.2 Å². The van der Waals surface area contributed by atoms with Gasteiger partial charge in [-0.3, -0.25) is 19.6 Å². The van der Waals surface area contributed by atoms with Crippen LogP contribution in [0, 0.1) is 0 Å². The molecule has 0 spiro atoms. The van der Waals surface area contributed by atoms with Crippen LogP contribution in [0.3, 0.4) is 0 Å². The van der Waals surface area contributed by atoms with Crippen LogP contribution in [0.5, 0.6) is 0 Å². The monoisotopic (exact) mass is 355 g/mol. The molecule has 1 atom stereocenters. The van der Waals surface area contributed by atoms with Gasteiger partial charge < -0.3 is 14.5 Å². The van der Waals surface area contributed by atoms with Crippen LogP contribution in [0.1, 0.15) is 28.5 Å². The second kappa shape index (κ2) is 7.25. The minimum Gasteiger partial charge on any atom is -0.378 e. The summed E-state index contributed by atoms with van der Waals surface area (Å²) in [4.78, 5) is 40.1. The number of nitrogens with one attached hydrogen (secondary N) is 1. The first-order chi connectivity index (χ1) is 12.7. The van der Waals surface area contributed by atoms with E-state index in [9.17, 15) is 9.59 Å². The Kier molecular flexibility index (Phi) is 4.66. The van der Waals surface area contributed by atoms with Crippen LogP contribution >= 0.6 is 0 Å². The van der Waals surface area contributed by atoms with E-state index in [0.717, 1.165) is 12.1 Å². The number of hydrogen-bond acceptors (Lipinski definition) is 6. The molecule has 0 aromatic carbocycles. The van der Waals surface area contributed by atoms with E-state index in [2.05, 4.69) is 15.0 Å². The van der Waals surface area contributed by atoms with Gasteiger partial charge in [0.05, 0.1) is 18.9 Å². The Hall–Kier alpha value is -2.74. The van der Waals surface area contributed by atoms with Crippen molar-refractivity contribution in [3.05, 3.63) is 52.2 Å². The number of ether oxygens (including phenoxy) is 1. The zero-order valence-corrected chi connectivity index (χ0v) is 14.4. The Morgan fingerprint density at radius 2 is 2.08 bits per heavy atom. The first-order valence-corrected chi connectivity index (χ1v) is 8.85. The van der Waals surface area contributed by atoms with Crippen molar-refractivity contribution in [2.45, 2.75) is 12.3 Å². The Bertz CT molecular complexity index is 832. The number of aromatic nitrogens is 3. The fourth-order valence-electron chi connectivity index (χ4n) is 3.43. The molecule has 2 aromatic rings. The summed E-state index contributed by atoms with van der Waals surface area (Å²) in [5.41, 5.74) is 1.03. The lowest BCUT2D eigenvalue weighted by Crippen LogP contribution is -2.38. The number of carbonyl (C=O) groups excluding carboxylic acids is 1. The molecule has 2 fully saturated rings. The highest BCUT2D eigenvalue weighted by molar-refractivity contribution is 5.92. The summed E-state index contributed by atoms with van der Waals surface area (Å²) in [6.07, 6.45) is 2.41. The van der Waals surface area contributed by atoms with Crippen molar-refractivity contribution in [1.29, 1.82) is 0 Å². The van der Waals surface area contributed by atoms with E-state index in [1.54, 1.807) is 35.4 Å². The maximum absolute atomic E-state index is 12.6. The molecular weight excluding hydrogens is 334 g/mol. The first kappa shape index (κ1) is 16.7. The molecule has 0 saturated carbocycles. The normalized spacial score (nSPS) is 20.4. The molecule has 1 N–H and O–H groups in total. The summed E-state index contributed by atoms with van der Waals surface area (Å²) in [6.45, 7) is 3.87. The smallest absolute Gasteiger partial charge is 0.272 e. The molecule has 8 nitrogen and oxygen atoms in total. The molecule has 4 rings (SSSR count). The molecule has 4 heterocycles. The van der Waals surface area contributed by atoms with Crippen molar-refractivity contribution in [3.8, 4) is 0 Å². The first-order valence-electron chi connectivity index (χ1n) is 8.85. The van der Waals surface area contributed by atoms with Gasteiger partial charge in [0.25, 0.3) is 11.5 Å². The quantitative estimate of drug-likeness (QED) is 0.868. The number of aromatic amines is 1. The Morgan fingerprint density at radius 1 is 1.23 bits per heavy atom. The van der Waals surface area contributed by atoms with Crippen LogP contribution < -0.4 is 10.5 Å². The molecule has 136 valence electrons. The molecule has 0 bridgehead atoms. The van der Waals surface area contributed by atoms with Crippen LogP contribution in [0.4, 0.5) is 5.95 Å². The molecule has 2 aliphatic heterocycles. The van der Waals surface area contributed by atoms with Gasteiger partial charge in [0, 0.05) is 44.4 Å². The SMILES string of the molecule is O=C(c1ccccn1)N1CC[C@H](c2cc(=O)[nH]c(N3CCOCC3)n2)C1. The van der Waals surface area contributed by atoms with Crippen LogP contribution in [0.2, 0.25) is 0 Å². The van der Waals surface area contributed by atoms with Crippen molar-refractivity contribution in [1.82, 2.24) is 19.9 Å². The molecule has 2 aromatic heterocycles. The van der Waals surface area contributed by atoms with E-state index in [0.29, 0.717) is 51.0 Å². The largest absolute Gasteiger partial charge is 0.378 e. The molecule has 1 amide bonds. The lowest BCUT2D eigenvalue weighted by molar-refractivity contribution is 0.0785. The summed E-state index contributed by atoms with van der Waals surface area (Å²) in [5.74, 6) is 0.571. The summed E-state index contributed by atoms with van der Waals surface area (Å²) in [7, 11) is 0. The Balaban J connectivity index is 1.51. The lowest BCUT2D eigenvalue weighted by Gasteiger charge is -2.27. The third kappa shape index (κ3) is 3.45. The maximum atomic E-state index is 12.6. The fraction of sp³-hybridized carbons (Fsp3) is 0.444. The van der Waals surface area contributed by atoms with E-state index in [-0.39, 0.29) is 17.4 Å². The van der Waals surface area contributed by atoms with E-state index in [1.165, 1.54) is 0 Å².